The number of hydrogen-bond acceptors (Lipinski definition) is 6. The summed E-state index contributed by atoms with van der Waals surface area (Å²) in [5.41, 5.74) is -0.125. The smallest absolute Gasteiger partial charge is 0.356 e. The second-order valence-electron chi connectivity index (χ2n) is 3.08. The lowest BCUT2D eigenvalue weighted by atomic mass is 10.1. The molecule has 1 N–H and O–H groups in total. The Morgan fingerprint density at radius 1 is 1.47 bits per heavy atom. The van der Waals surface area contributed by atoms with Gasteiger partial charge in [-0.1, -0.05) is 11.2 Å². The zero-order valence-corrected chi connectivity index (χ0v) is 9.29. The minimum absolute atomic E-state index is 0.148. The number of ketones is 1. The molecule has 17 heavy (non-hydrogen) atoms. The molecule has 0 aromatic carbocycles. The summed E-state index contributed by atoms with van der Waals surface area (Å²) in [4.78, 5) is 26.7. The summed E-state index contributed by atoms with van der Waals surface area (Å²) in [6.45, 7) is 1.77. The number of carbonyl (C=O) groups is 2. The highest BCUT2D eigenvalue weighted by Crippen LogP contribution is 2.02. The second kappa shape index (κ2) is 6.37. The highest BCUT2D eigenvalue weighted by Gasteiger charge is 2.19. The van der Waals surface area contributed by atoms with Gasteiger partial charge in [0.05, 0.1) is 13.0 Å². The fourth-order valence-corrected chi connectivity index (χ4v) is 1.13. The lowest BCUT2D eigenvalue weighted by molar-refractivity contribution is -0.135. The molecule has 1 rings (SSSR count). The van der Waals surface area contributed by atoms with Crippen LogP contribution in [-0.4, -0.2) is 34.3 Å². The van der Waals surface area contributed by atoms with Gasteiger partial charge in [0.15, 0.2) is 11.5 Å². The summed E-state index contributed by atoms with van der Waals surface area (Å²) in [6, 6.07) is 4.84. The molecule has 0 bridgehead atoms. The fraction of sp³-hybridized carbons (Fsp3) is 0.273. The predicted octanol–water partition coefficient (Wildman–Crippen LogP) is 1.05. The Kier molecular flexibility index (Phi) is 4.80. The summed E-state index contributed by atoms with van der Waals surface area (Å²) >= 11 is 0. The maximum Gasteiger partial charge on any atom is 0.356 e. The lowest BCUT2D eigenvalue weighted by Crippen LogP contribution is -2.21. The largest absolute Gasteiger partial charge is 0.461 e. The van der Waals surface area contributed by atoms with Gasteiger partial charge in [-0.25, -0.2) is 4.79 Å². The molecule has 1 aromatic rings. The lowest BCUT2D eigenvalue weighted by Gasteiger charge is -2.03. The molecule has 0 aliphatic heterocycles. The summed E-state index contributed by atoms with van der Waals surface area (Å²) in [6.07, 6.45) is 1.12. The number of Topliss-reactive ketones (excluding diaryl/α,β-unsaturated/α-hetero) is 1. The van der Waals surface area contributed by atoms with Crippen molar-refractivity contribution >= 4 is 17.5 Å². The average molecular weight is 236 g/mol. The molecule has 1 heterocycles. The monoisotopic (exact) mass is 236 g/mol. The molecule has 0 unspecified atom stereocenters. The first-order valence-corrected chi connectivity index (χ1v) is 5.01. The van der Waals surface area contributed by atoms with Crippen LogP contribution in [0.5, 0.6) is 0 Å². The van der Waals surface area contributed by atoms with Crippen LogP contribution in [-0.2, 0) is 9.53 Å². The van der Waals surface area contributed by atoms with Crippen LogP contribution >= 0.6 is 0 Å². The summed E-state index contributed by atoms with van der Waals surface area (Å²) < 4.78 is 4.63. The molecule has 0 radical (unpaired) electrons. The minimum Gasteiger partial charge on any atom is -0.461 e. The first kappa shape index (κ1) is 12.8. The molecule has 0 spiro atoms. The van der Waals surface area contributed by atoms with Gasteiger partial charge in [-0.3, -0.25) is 9.78 Å². The van der Waals surface area contributed by atoms with Crippen LogP contribution in [0.25, 0.3) is 0 Å². The number of pyridine rings is 1. The molecule has 0 saturated carbocycles. The molecule has 1 aromatic heterocycles. The number of aromatic nitrogens is 1. The van der Waals surface area contributed by atoms with Crippen molar-refractivity contribution in [1.29, 1.82) is 0 Å². The van der Waals surface area contributed by atoms with Gasteiger partial charge in [0.25, 0.3) is 0 Å². The van der Waals surface area contributed by atoms with E-state index in [0.29, 0.717) is 0 Å². The highest BCUT2D eigenvalue weighted by atomic mass is 16.5. The number of ether oxygens (including phenoxy) is 1. The third kappa shape index (κ3) is 3.67. The molecule has 6 nitrogen and oxygen atoms in total. The Bertz CT molecular complexity index is 428. The van der Waals surface area contributed by atoms with Crippen LogP contribution in [0.3, 0.4) is 0 Å². The molecule has 0 aliphatic rings. The highest BCUT2D eigenvalue weighted by molar-refractivity contribution is 6.40. The number of carbonyl (C=O) groups excluding carboxylic acids is 2. The normalized spacial score (nSPS) is 11.0. The maximum absolute atomic E-state index is 11.7. The first-order valence-electron chi connectivity index (χ1n) is 5.01. The van der Waals surface area contributed by atoms with E-state index in [4.69, 9.17) is 5.21 Å². The van der Waals surface area contributed by atoms with E-state index in [-0.39, 0.29) is 24.4 Å². The quantitative estimate of drug-likeness (QED) is 0.271. The molecule has 0 aliphatic carbocycles. The van der Waals surface area contributed by atoms with E-state index in [2.05, 4.69) is 14.9 Å². The van der Waals surface area contributed by atoms with Crippen molar-refractivity contribution < 1.29 is 19.5 Å². The third-order valence-corrected chi connectivity index (χ3v) is 1.91. The molecular weight excluding hydrogens is 224 g/mol. The Hall–Kier alpha value is -2.24. The molecule has 0 saturated heterocycles. The van der Waals surface area contributed by atoms with Gasteiger partial charge in [-0.05, 0) is 19.1 Å². The van der Waals surface area contributed by atoms with E-state index < -0.39 is 11.8 Å². The zero-order valence-electron chi connectivity index (χ0n) is 9.29. The van der Waals surface area contributed by atoms with Gasteiger partial charge in [0.1, 0.15) is 5.69 Å². The summed E-state index contributed by atoms with van der Waals surface area (Å²) in [5, 5.41) is 11.4. The van der Waals surface area contributed by atoms with Crippen molar-refractivity contribution in [2.75, 3.05) is 6.61 Å². The van der Waals surface area contributed by atoms with Crippen LogP contribution in [0.1, 0.15) is 23.8 Å². The van der Waals surface area contributed by atoms with Crippen LogP contribution in [0.4, 0.5) is 0 Å². The fourth-order valence-electron chi connectivity index (χ4n) is 1.13. The van der Waals surface area contributed by atoms with E-state index in [1.54, 1.807) is 19.1 Å². The molecule has 6 heteroatoms. The minimum atomic E-state index is -0.806. The molecular formula is C11H12N2O4. The first-order chi connectivity index (χ1) is 8.19. The summed E-state index contributed by atoms with van der Waals surface area (Å²) in [7, 11) is 0. The predicted molar refractivity (Wildman–Crippen MR) is 59.0 cm³/mol. The van der Waals surface area contributed by atoms with Gasteiger partial charge in [0.2, 0.25) is 0 Å². The van der Waals surface area contributed by atoms with Crippen molar-refractivity contribution in [2.45, 2.75) is 13.3 Å². The maximum atomic E-state index is 11.7. The molecule has 0 amide bonds. The van der Waals surface area contributed by atoms with Crippen LogP contribution < -0.4 is 0 Å². The van der Waals surface area contributed by atoms with E-state index in [1.807, 2.05) is 0 Å². The number of hydrogen-bond donors (Lipinski definition) is 1. The third-order valence-electron chi connectivity index (χ3n) is 1.91. The van der Waals surface area contributed by atoms with E-state index in [1.165, 1.54) is 12.3 Å². The Balaban J connectivity index is 2.71. The van der Waals surface area contributed by atoms with Gasteiger partial charge < -0.3 is 9.94 Å². The number of rotatable bonds is 5. The van der Waals surface area contributed by atoms with Crippen LogP contribution in [0, 0.1) is 0 Å². The van der Waals surface area contributed by atoms with Gasteiger partial charge in [-0.2, -0.15) is 0 Å². The second-order valence-corrected chi connectivity index (χ2v) is 3.08. The van der Waals surface area contributed by atoms with Crippen molar-refractivity contribution in [3.05, 3.63) is 30.1 Å². The summed E-state index contributed by atoms with van der Waals surface area (Å²) in [5.74, 6) is -1.22. The topological polar surface area (TPSA) is 88.9 Å². The van der Waals surface area contributed by atoms with Crippen molar-refractivity contribution in [2.24, 2.45) is 5.16 Å². The van der Waals surface area contributed by atoms with Gasteiger partial charge in [-0.15, -0.1) is 0 Å². The standard InChI is InChI=1S/C11H12N2O4/c1-2-17-11(15)9(13-16)7-10(14)8-5-3-4-6-12-8/h3-6,16H,2,7H2,1H3/b13-9+. The molecule has 0 fully saturated rings. The number of esters is 1. The van der Waals surface area contributed by atoms with Crippen molar-refractivity contribution in [3.8, 4) is 0 Å². The average Bonchev–Trinajstić information content (AvgIpc) is 2.37. The Morgan fingerprint density at radius 3 is 2.76 bits per heavy atom. The Morgan fingerprint density at radius 2 is 2.24 bits per heavy atom. The Labute approximate surface area is 97.9 Å². The van der Waals surface area contributed by atoms with Gasteiger partial charge in [0, 0.05) is 6.20 Å². The molecule has 90 valence electrons. The van der Waals surface area contributed by atoms with Crippen molar-refractivity contribution in [1.82, 2.24) is 4.98 Å². The van der Waals surface area contributed by atoms with Crippen LogP contribution in [0.2, 0.25) is 0 Å². The number of nitrogens with zero attached hydrogens (tertiary/aromatic N) is 2. The zero-order chi connectivity index (χ0) is 12.7. The SMILES string of the molecule is CCOC(=O)/C(CC(=O)c1ccccn1)=N/O. The van der Waals surface area contributed by atoms with E-state index >= 15 is 0 Å². The van der Waals surface area contributed by atoms with Gasteiger partial charge >= 0.3 is 5.97 Å². The van der Waals surface area contributed by atoms with E-state index in [0.717, 1.165) is 0 Å². The van der Waals surface area contributed by atoms with E-state index in [9.17, 15) is 9.59 Å². The van der Waals surface area contributed by atoms with Crippen LogP contribution in [0.15, 0.2) is 29.6 Å². The number of oxime groups is 1. The van der Waals surface area contributed by atoms with Crippen molar-refractivity contribution in [3.63, 3.8) is 0 Å². The molecule has 0 atom stereocenters.